The Morgan fingerprint density at radius 2 is 1.29 bits per heavy atom. The maximum atomic E-state index is 10.2. The third kappa shape index (κ3) is 103. The van der Waals surface area contributed by atoms with Crippen molar-refractivity contribution in [1.82, 2.24) is 5.32 Å². The summed E-state index contributed by atoms with van der Waals surface area (Å²) in [4.78, 5) is 45.4. The van der Waals surface area contributed by atoms with E-state index in [1.54, 1.807) is 0 Å². The molecule has 0 aromatic carbocycles. The molecular formula is C6H16N6O12. The summed E-state index contributed by atoms with van der Waals surface area (Å²) in [6, 6.07) is -1.47. The van der Waals surface area contributed by atoms with Gasteiger partial charge < -0.3 is 37.5 Å². The van der Waals surface area contributed by atoms with Crippen molar-refractivity contribution in [1.29, 1.82) is 0 Å². The van der Waals surface area contributed by atoms with E-state index in [4.69, 9.17) is 62.5 Å². The van der Waals surface area contributed by atoms with Crippen molar-refractivity contribution in [3.8, 4) is 0 Å². The maximum Gasteiger partial charge on any atom is 0.320 e. The number of nitrogens with two attached hydrogens (primary N) is 2. The molecule has 0 fully saturated rings. The van der Waals surface area contributed by atoms with Crippen LogP contribution < -0.4 is 16.8 Å². The van der Waals surface area contributed by atoms with Gasteiger partial charge in [0, 0.05) is 6.54 Å². The smallest absolute Gasteiger partial charge is 0.320 e. The van der Waals surface area contributed by atoms with Gasteiger partial charge in [0.2, 0.25) is 0 Å². The van der Waals surface area contributed by atoms with Crippen LogP contribution in [0.3, 0.4) is 0 Å². The number of carboxylic acids is 1. The number of hydrogen-bond acceptors (Lipinski definition) is 9. The Morgan fingerprint density at radius 3 is 1.50 bits per heavy atom. The molecule has 0 aromatic rings. The zero-order chi connectivity index (χ0) is 20.3. The molecule has 0 aliphatic rings. The third-order valence-corrected chi connectivity index (χ3v) is 1.31. The van der Waals surface area contributed by atoms with E-state index < -0.39 is 33.3 Å². The number of aliphatic carboxylic acids is 1. The number of primary amides is 1. The van der Waals surface area contributed by atoms with E-state index in [9.17, 15) is 9.59 Å². The summed E-state index contributed by atoms with van der Waals surface area (Å²) in [7, 11) is 0. The molecule has 0 saturated heterocycles. The summed E-state index contributed by atoms with van der Waals surface area (Å²) in [5.74, 6) is -1.03. The number of nitrogens with zero attached hydrogens (tertiary/aromatic N) is 3. The zero-order valence-corrected chi connectivity index (χ0v) is 11.7. The Labute approximate surface area is 131 Å². The fourth-order valence-electron chi connectivity index (χ4n) is 0.657. The minimum absolute atomic E-state index is 0.329. The van der Waals surface area contributed by atoms with Gasteiger partial charge in [0.25, 0.3) is 15.3 Å². The molecule has 24 heavy (non-hydrogen) atoms. The van der Waals surface area contributed by atoms with Gasteiger partial charge in [0.15, 0.2) is 0 Å². The third-order valence-electron chi connectivity index (χ3n) is 1.31. The molecule has 0 aliphatic carbocycles. The zero-order valence-electron chi connectivity index (χ0n) is 11.7. The number of nitrogens with one attached hydrogen (secondary N) is 1. The van der Waals surface area contributed by atoms with Crippen molar-refractivity contribution in [2.24, 2.45) is 11.5 Å². The number of urea groups is 1. The van der Waals surface area contributed by atoms with E-state index >= 15 is 0 Å². The molecule has 0 saturated carbocycles. The van der Waals surface area contributed by atoms with Crippen molar-refractivity contribution in [2.45, 2.75) is 18.9 Å². The first-order valence-electron chi connectivity index (χ1n) is 5.25. The molecule has 2 amide bonds. The van der Waals surface area contributed by atoms with Gasteiger partial charge in [-0.3, -0.25) is 4.79 Å². The van der Waals surface area contributed by atoms with Crippen LogP contribution in [0.4, 0.5) is 4.79 Å². The second kappa shape index (κ2) is 19.3. The fourth-order valence-corrected chi connectivity index (χ4v) is 0.657. The van der Waals surface area contributed by atoms with Crippen LogP contribution in [0.2, 0.25) is 0 Å². The monoisotopic (exact) mass is 364 g/mol. The van der Waals surface area contributed by atoms with Gasteiger partial charge in [-0.25, -0.2) is 4.79 Å². The molecule has 0 heterocycles. The second-order valence-electron chi connectivity index (χ2n) is 3.09. The van der Waals surface area contributed by atoms with Gasteiger partial charge in [-0.05, 0) is 12.8 Å². The Kier molecular flexibility index (Phi) is 22.9. The average molecular weight is 364 g/mol. The predicted molar refractivity (Wildman–Crippen MR) is 68.8 cm³/mol. The van der Waals surface area contributed by atoms with Crippen LogP contribution in [0.15, 0.2) is 0 Å². The minimum Gasteiger partial charge on any atom is -0.480 e. The predicted octanol–water partition coefficient (Wildman–Crippen LogP) is -2.20. The van der Waals surface area contributed by atoms with Gasteiger partial charge in [-0.1, -0.05) is 0 Å². The van der Waals surface area contributed by atoms with Crippen LogP contribution in [-0.2, 0) is 4.79 Å². The summed E-state index contributed by atoms with van der Waals surface area (Å²) in [5.41, 5.74) is 9.96. The van der Waals surface area contributed by atoms with Crippen molar-refractivity contribution >= 4 is 12.0 Å². The van der Waals surface area contributed by atoms with Gasteiger partial charge in [-0.15, -0.1) is 30.3 Å². The lowest BCUT2D eigenvalue weighted by atomic mass is 10.2. The Bertz CT molecular complexity index is 361. The molecule has 142 valence electrons. The molecule has 0 rings (SSSR count). The largest absolute Gasteiger partial charge is 0.480 e. The number of carboxylic acid groups (broad SMARTS) is 1. The van der Waals surface area contributed by atoms with Crippen molar-refractivity contribution in [3.05, 3.63) is 30.3 Å². The molecule has 0 aromatic heterocycles. The molecular weight excluding hydrogens is 348 g/mol. The number of amides is 2. The average Bonchev–Trinajstić information content (AvgIpc) is 2.31. The molecule has 0 aliphatic heterocycles. The first kappa shape index (κ1) is 28.5. The summed E-state index contributed by atoms with van der Waals surface area (Å²) < 4.78 is 0. The van der Waals surface area contributed by atoms with Gasteiger partial charge >= 0.3 is 12.0 Å². The maximum absolute atomic E-state index is 10.2. The molecule has 9 N–H and O–H groups in total. The first-order chi connectivity index (χ1) is 10.7. The Morgan fingerprint density at radius 1 is 1.00 bits per heavy atom. The quantitative estimate of drug-likeness (QED) is 0.155. The van der Waals surface area contributed by atoms with Crippen LogP contribution in [0.25, 0.3) is 0 Å². The highest BCUT2D eigenvalue weighted by atomic mass is 16.9. The number of carbonyl (C=O) groups excluding carboxylic acids is 1. The number of hydrogen-bond donors (Lipinski definition) is 7. The normalized spacial score (nSPS) is 9.04. The van der Waals surface area contributed by atoms with Crippen molar-refractivity contribution in [2.75, 3.05) is 6.54 Å². The lowest BCUT2D eigenvalue weighted by Gasteiger charge is -2.05. The molecule has 0 radical (unpaired) electrons. The molecule has 0 bridgehead atoms. The standard InChI is InChI=1S/C6H13N3O3.3HNO3/c7-4(5(10)11)2-1-3-9-6(8)12;3*2-1(3)4/h4H,1-3,7H2,(H,10,11)(H3,8,9,12);3*(H,2,3,4). The highest BCUT2D eigenvalue weighted by molar-refractivity contribution is 5.73. The topological polar surface area (TPSA) is 309 Å². The lowest BCUT2D eigenvalue weighted by Crippen LogP contribution is -2.33. The van der Waals surface area contributed by atoms with Crippen LogP contribution in [0.5, 0.6) is 0 Å². The highest BCUT2D eigenvalue weighted by Crippen LogP contribution is 1.92. The van der Waals surface area contributed by atoms with E-state index in [0.717, 1.165) is 0 Å². The fraction of sp³-hybridized carbons (Fsp3) is 0.667. The first-order valence-corrected chi connectivity index (χ1v) is 5.25. The van der Waals surface area contributed by atoms with E-state index in [0.29, 0.717) is 19.4 Å². The number of carbonyl (C=O) groups is 2. The van der Waals surface area contributed by atoms with E-state index in [2.05, 4.69) is 5.32 Å². The van der Waals surface area contributed by atoms with Crippen molar-refractivity contribution < 1.29 is 45.6 Å². The van der Waals surface area contributed by atoms with Gasteiger partial charge in [0.05, 0.1) is 0 Å². The SMILES string of the molecule is NC(=O)NCCCC(N)C(=O)O.O=[N+]([O-])O.O=[N+]([O-])O.O=[N+]([O-])O. The van der Waals surface area contributed by atoms with Crippen LogP contribution in [0.1, 0.15) is 12.8 Å². The molecule has 0 spiro atoms. The molecule has 1 atom stereocenters. The van der Waals surface area contributed by atoms with Crippen LogP contribution in [-0.4, -0.2) is 60.6 Å². The molecule has 18 heteroatoms. The van der Waals surface area contributed by atoms with Crippen molar-refractivity contribution in [3.63, 3.8) is 0 Å². The van der Waals surface area contributed by atoms with Crippen LogP contribution in [0, 0.1) is 30.3 Å². The summed E-state index contributed by atoms with van der Waals surface area (Å²) in [6.07, 6.45) is 0.839. The number of rotatable bonds is 5. The molecule has 18 nitrogen and oxygen atoms in total. The lowest BCUT2D eigenvalue weighted by molar-refractivity contribution is -0.742. The van der Waals surface area contributed by atoms with E-state index in [1.807, 2.05) is 0 Å². The summed E-state index contributed by atoms with van der Waals surface area (Å²) in [5, 5.41) is 51.6. The molecule has 1 unspecified atom stereocenters. The van der Waals surface area contributed by atoms with Gasteiger partial charge in [0.1, 0.15) is 6.04 Å². The van der Waals surface area contributed by atoms with Gasteiger partial charge in [-0.2, -0.15) is 0 Å². The van der Waals surface area contributed by atoms with Crippen LogP contribution >= 0.6 is 0 Å². The Balaban J connectivity index is -0.000000137. The van der Waals surface area contributed by atoms with E-state index in [-0.39, 0.29) is 0 Å². The second-order valence-corrected chi connectivity index (χ2v) is 3.09. The summed E-state index contributed by atoms with van der Waals surface area (Å²) in [6.45, 7) is 0.357. The highest BCUT2D eigenvalue weighted by Gasteiger charge is 2.09. The van der Waals surface area contributed by atoms with E-state index in [1.165, 1.54) is 0 Å². The summed E-state index contributed by atoms with van der Waals surface area (Å²) >= 11 is 0. The Hall–Kier alpha value is -3.70. The minimum atomic E-state index is -1.50.